The highest BCUT2D eigenvalue weighted by Gasteiger charge is 2.11. The maximum Gasteiger partial charge on any atom is 0.333 e. The number of esters is 1. The van der Waals surface area contributed by atoms with Gasteiger partial charge >= 0.3 is 5.97 Å². The fraction of sp³-hybridized carbons (Fsp3) is 0.304. The number of carbonyl (C=O) groups is 2. The van der Waals surface area contributed by atoms with Crippen LogP contribution in [0.4, 0.5) is 0 Å². The largest absolute Gasteiger partial charge is 0.497 e. The monoisotopic (exact) mass is 366 g/mol. The standard InChI is InChI=1S/C23H26O4/c1-26-22-15-12-19(13-16-22)17-20(23(25)27-2)9-6-10-21(24)14-11-18-7-4-3-5-8-18/h3-5,7-8,12-13,15-17H,6,9-11,14H2,1-2H3/b20-17+. The van der Waals surface area contributed by atoms with Gasteiger partial charge in [0.05, 0.1) is 14.2 Å². The van der Waals surface area contributed by atoms with Gasteiger partial charge in [0.25, 0.3) is 0 Å². The van der Waals surface area contributed by atoms with Gasteiger partial charge in [-0.1, -0.05) is 42.5 Å². The summed E-state index contributed by atoms with van der Waals surface area (Å²) >= 11 is 0. The zero-order valence-electron chi connectivity index (χ0n) is 15.9. The Morgan fingerprint density at radius 1 is 0.889 bits per heavy atom. The van der Waals surface area contributed by atoms with Crippen LogP contribution >= 0.6 is 0 Å². The second-order valence-corrected chi connectivity index (χ2v) is 6.31. The van der Waals surface area contributed by atoms with Crippen molar-refractivity contribution in [1.82, 2.24) is 0 Å². The molecule has 2 rings (SSSR count). The van der Waals surface area contributed by atoms with Crippen molar-refractivity contribution in [2.24, 2.45) is 0 Å². The molecule has 0 amide bonds. The number of methoxy groups -OCH3 is 2. The van der Waals surface area contributed by atoms with Gasteiger partial charge in [-0.15, -0.1) is 0 Å². The smallest absolute Gasteiger partial charge is 0.333 e. The molecule has 4 nitrogen and oxygen atoms in total. The zero-order valence-corrected chi connectivity index (χ0v) is 15.9. The minimum atomic E-state index is -0.359. The van der Waals surface area contributed by atoms with E-state index in [9.17, 15) is 9.59 Å². The third kappa shape index (κ3) is 7.10. The summed E-state index contributed by atoms with van der Waals surface area (Å²) in [6.07, 6.45) is 4.69. The van der Waals surface area contributed by atoms with E-state index in [2.05, 4.69) is 0 Å². The SMILES string of the molecule is COC(=O)/C(=C/c1ccc(OC)cc1)CCCC(=O)CCc1ccccc1. The molecule has 0 heterocycles. The van der Waals surface area contributed by atoms with Crippen molar-refractivity contribution >= 4 is 17.8 Å². The van der Waals surface area contributed by atoms with Gasteiger partial charge in [-0.2, -0.15) is 0 Å². The van der Waals surface area contributed by atoms with Crippen molar-refractivity contribution in [2.75, 3.05) is 14.2 Å². The lowest BCUT2D eigenvalue weighted by Gasteiger charge is -2.07. The molecular formula is C23H26O4. The Hall–Kier alpha value is -2.88. The topological polar surface area (TPSA) is 52.6 Å². The molecule has 2 aromatic rings. The lowest BCUT2D eigenvalue weighted by molar-refractivity contribution is -0.136. The van der Waals surface area contributed by atoms with Crippen LogP contribution in [0.1, 0.15) is 36.8 Å². The van der Waals surface area contributed by atoms with Crippen LogP contribution < -0.4 is 4.74 Å². The van der Waals surface area contributed by atoms with E-state index in [0.717, 1.165) is 17.7 Å². The van der Waals surface area contributed by atoms with Crippen molar-refractivity contribution in [3.63, 3.8) is 0 Å². The Morgan fingerprint density at radius 2 is 1.59 bits per heavy atom. The summed E-state index contributed by atoms with van der Waals surface area (Å²) in [6.45, 7) is 0. The molecule has 0 saturated carbocycles. The first-order chi connectivity index (χ1) is 13.1. The number of Topliss-reactive ketones (excluding diaryl/α,β-unsaturated/α-hetero) is 1. The van der Waals surface area contributed by atoms with Crippen LogP contribution in [0.15, 0.2) is 60.2 Å². The summed E-state index contributed by atoms with van der Waals surface area (Å²) in [4.78, 5) is 24.1. The van der Waals surface area contributed by atoms with Crippen LogP contribution in [0.3, 0.4) is 0 Å². The van der Waals surface area contributed by atoms with Gasteiger partial charge in [-0.05, 0) is 48.6 Å². The van der Waals surface area contributed by atoms with Crippen LogP contribution in [-0.2, 0) is 20.7 Å². The lowest BCUT2D eigenvalue weighted by Crippen LogP contribution is -2.06. The number of aryl methyl sites for hydroxylation is 1. The third-order valence-corrected chi connectivity index (χ3v) is 4.34. The fourth-order valence-corrected chi connectivity index (χ4v) is 2.80. The fourth-order valence-electron chi connectivity index (χ4n) is 2.80. The molecule has 0 bridgehead atoms. The molecule has 4 heteroatoms. The van der Waals surface area contributed by atoms with Gasteiger partial charge < -0.3 is 9.47 Å². The molecule has 142 valence electrons. The molecule has 2 aromatic carbocycles. The highest BCUT2D eigenvalue weighted by Crippen LogP contribution is 2.18. The number of hydrogen-bond donors (Lipinski definition) is 0. The molecule has 0 fully saturated rings. The number of hydrogen-bond acceptors (Lipinski definition) is 4. The normalized spacial score (nSPS) is 11.1. The van der Waals surface area contributed by atoms with Crippen molar-refractivity contribution in [3.8, 4) is 5.75 Å². The predicted octanol–water partition coefficient (Wildman–Crippen LogP) is 4.62. The van der Waals surface area contributed by atoms with E-state index in [0.29, 0.717) is 31.3 Å². The Morgan fingerprint density at radius 3 is 2.22 bits per heavy atom. The average molecular weight is 366 g/mol. The maximum atomic E-state index is 12.1. The van der Waals surface area contributed by atoms with Gasteiger partial charge in [0.15, 0.2) is 0 Å². The second-order valence-electron chi connectivity index (χ2n) is 6.31. The number of ketones is 1. The summed E-state index contributed by atoms with van der Waals surface area (Å²) in [5.74, 6) is 0.617. The number of rotatable bonds is 10. The third-order valence-electron chi connectivity index (χ3n) is 4.34. The molecule has 0 aliphatic carbocycles. The van der Waals surface area contributed by atoms with Gasteiger partial charge in [0, 0.05) is 18.4 Å². The van der Waals surface area contributed by atoms with E-state index in [1.54, 1.807) is 13.2 Å². The maximum absolute atomic E-state index is 12.1. The molecular weight excluding hydrogens is 340 g/mol. The van der Waals surface area contributed by atoms with E-state index in [1.165, 1.54) is 12.7 Å². The predicted molar refractivity (Wildman–Crippen MR) is 107 cm³/mol. The van der Waals surface area contributed by atoms with Gasteiger partial charge in [-0.3, -0.25) is 4.79 Å². The molecule has 0 aromatic heterocycles. The van der Waals surface area contributed by atoms with Crippen LogP contribution in [0.25, 0.3) is 6.08 Å². The molecule has 0 unspecified atom stereocenters. The first-order valence-corrected chi connectivity index (χ1v) is 9.11. The van der Waals surface area contributed by atoms with E-state index in [1.807, 2.05) is 54.6 Å². The van der Waals surface area contributed by atoms with E-state index in [4.69, 9.17) is 9.47 Å². The first kappa shape index (κ1) is 20.4. The lowest BCUT2D eigenvalue weighted by atomic mass is 10.0. The van der Waals surface area contributed by atoms with E-state index in [-0.39, 0.29) is 11.8 Å². The van der Waals surface area contributed by atoms with E-state index >= 15 is 0 Å². The summed E-state index contributed by atoms with van der Waals surface area (Å²) in [6, 6.07) is 17.4. The Bertz CT molecular complexity index is 761. The van der Waals surface area contributed by atoms with Crippen LogP contribution in [-0.4, -0.2) is 26.0 Å². The number of carbonyl (C=O) groups excluding carboxylic acids is 2. The van der Waals surface area contributed by atoms with E-state index < -0.39 is 0 Å². The van der Waals surface area contributed by atoms with Gasteiger partial charge in [-0.25, -0.2) is 4.79 Å². The van der Waals surface area contributed by atoms with Gasteiger partial charge in [0.2, 0.25) is 0 Å². The summed E-state index contributed by atoms with van der Waals surface area (Å²) in [5, 5.41) is 0. The first-order valence-electron chi connectivity index (χ1n) is 9.11. The van der Waals surface area contributed by atoms with Gasteiger partial charge in [0.1, 0.15) is 11.5 Å². The van der Waals surface area contributed by atoms with Crippen LogP contribution in [0, 0.1) is 0 Å². The number of benzene rings is 2. The average Bonchev–Trinajstić information content (AvgIpc) is 2.72. The highest BCUT2D eigenvalue weighted by molar-refractivity contribution is 5.93. The Kier molecular flexibility index (Phi) is 8.30. The molecule has 27 heavy (non-hydrogen) atoms. The van der Waals surface area contributed by atoms with Crippen molar-refractivity contribution in [2.45, 2.75) is 32.1 Å². The summed E-state index contributed by atoms with van der Waals surface area (Å²) in [5.41, 5.74) is 2.63. The molecule has 0 saturated heterocycles. The zero-order chi connectivity index (χ0) is 19.5. The Balaban J connectivity index is 1.87. The molecule has 0 aliphatic heterocycles. The second kappa shape index (κ2) is 11.0. The Labute approximate surface area is 160 Å². The van der Waals surface area contributed by atoms with Crippen molar-refractivity contribution < 1.29 is 19.1 Å². The quantitative estimate of drug-likeness (QED) is 0.455. The molecule has 0 N–H and O–H groups in total. The van der Waals surface area contributed by atoms with Crippen LogP contribution in [0.2, 0.25) is 0 Å². The van der Waals surface area contributed by atoms with Crippen LogP contribution in [0.5, 0.6) is 5.75 Å². The molecule has 0 atom stereocenters. The van der Waals surface area contributed by atoms with Crippen molar-refractivity contribution in [3.05, 3.63) is 71.3 Å². The minimum absolute atomic E-state index is 0.215. The molecule has 0 spiro atoms. The van der Waals surface area contributed by atoms with Crippen molar-refractivity contribution in [1.29, 1.82) is 0 Å². The molecule has 0 aliphatic rings. The summed E-state index contributed by atoms with van der Waals surface area (Å²) in [7, 11) is 2.98. The number of ether oxygens (including phenoxy) is 2. The molecule has 0 radical (unpaired) electrons. The highest BCUT2D eigenvalue weighted by atomic mass is 16.5. The minimum Gasteiger partial charge on any atom is -0.497 e. The summed E-state index contributed by atoms with van der Waals surface area (Å²) < 4.78 is 10.0.